The summed E-state index contributed by atoms with van der Waals surface area (Å²) < 4.78 is 2.39. The minimum atomic E-state index is 0.0971. The Morgan fingerprint density at radius 3 is 1.59 bits per heavy atom. The van der Waals surface area contributed by atoms with Gasteiger partial charge in [-0.25, -0.2) is 0 Å². The Hall–Kier alpha value is -7.22. The first-order valence-corrected chi connectivity index (χ1v) is 19.4. The van der Waals surface area contributed by atoms with Crippen LogP contribution in [0.1, 0.15) is 22.6 Å². The standard InChI is InChI=1S/C55H39N/c1-3-12-40(13-4-1)42-27-29-46(30-28-42)50(51-20-11-17-45-16-7-8-18-49(45)51)36-24-39-22-25-44(26-23-39)47-33-37-55-53(38-47)52-19-9-10-21-54(52)56(55)48-34-31-43(32-35-48)41-14-5-2-6-15-41/h1-38,50H/b36-24+. The summed E-state index contributed by atoms with van der Waals surface area (Å²) in [5.41, 5.74) is 14.7. The van der Waals surface area contributed by atoms with Crippen LogP contribution in [-0.2, 0) is 0 Å². The van der Waals surface area contributed by atoms with Crippen molar-refractivity contribution in [2.24, 2.45) is 0 Å². The zero-order chi connectivity index (χ0) is 37.3. The Bertz CT molecular complexity index is 2970. The summed E-state index contributed by atoms with van der Waals surface area (Å²) >= 11 is 0. The topological polar surface area (TPSA) is 4.93 Å². The second-order valence-corrected chi connectivity index (χ2v) is 14.5. The van der Waals surface area contributed by atoms with Gasteiger partial charge in [-0.15, -0.1) is 0 Å². The molecule has 10 aromatic rings. The van der Waals surface area contributed by atoms with E-state index in [-0.39, 0.29) is 5.92 Å². The molecule has 264 valence electrons. The molecule has 0 saturated heterocycles. The van der Waals surface area contributed by atoms with Crippen molar-refractivity contribution in [2.75, 3.05) is 0 Å². The summed E-state index contributed by atoms with van der Waals surface area (Å²) in [6.07, 6.45) is 4.64. The molecule has 0 aliphatic heterocycles. The molecule has 0 amide bonds. The molecule has 0 radical (unpaired) electrons. The molecular weight excluding hydrogens is 675 g/mol. The van der Waals surface area contributed by atoms with E-state index in [0.717, 1.165) is 5.69 Å². The van der Waals surface area contributed by atoms with Crippen molar-refractivity contribution < 1.29 is 0 Å². The fourth-order valence-corrected chi connectivity index (χ4v) is 8.29. The third-order valence-corrected chi connectivity index (χ3v) is 11.2. The van der Waals surface area contributed by atoms with E-state index in [9.17, 15) is 0 Å². The number of aromatic nitrogens is 1. The molecule has 1 heteroatoms. The van der Waals surface area contributed by atoms with E-state index in [4.69, 9.17) is 0 Å². The van der Waals surface area contributed by atoms with Crippen LogP contribution in [0, 0.1) is 0 Å². The Morgan fingerprint density at radius 2 is 0.875 bits per heavy atom. The first-order valence-electron chi connectivity index (χ1n) is 19.4. The van der Waals surface area contributed by atoms with E-state index >= 15 is 0 Å². The molecule has 10 rings (SSSR count). The monoisotopic (exact) mass is 713 g/mol. The average Bonchev–Trinajstić information content (AvgIpc) is 3.61. The molecular formula is C55H39N. The van der Waals surface area contributed by atoms with Crippen molar-refractivity contribution in [3.63, 3.8) is 0 Å². The van der Waals surface area contributed by atoms with Gasteiger partial charge in [0.15, 0.2) is 0 Å². The van der Waals surface area contributed by atoms with Gasteiger partial charge in [0.1, 0.15) is 0 Å². The number of hydrogen-bond donors (Lipinski definition) is 0. The van der Waals surface area contributed by atoms with E-state index in [1.54, 1.807) is 0 Å². The van der Waals surface area contributed by atoms with Gasteiger partial charge in [-0.2, -0.15) is 0 Å². The summed E-state index contributed by atoms with van der Waals surface area (Å²) in [6.45, 7) is 0. The summed E-state index contributed by atoms with van der Waals surface area (Å²) in [6, 6.07) is 79.2. The maximum Gasteiger partial charge on any atom is 0.0541 e. The van der Waals surface area contributed by atoms with Crippen molar-refractivity contribution >= 4 is 38.7 Å². The van der Waals surface area contributed by atoms with Crippen LogP contribution < -0.4 is 0 Å². The van der Waals surface area contributed by atoms with Crippen molar-refractivity contribution in [2.45, 2.75) is 5.92 Å². The largest absolute Gasteiger partial charge is 0.309 e. The van der Waals surface area contributed by atoms with Gasteiger partial charge in [-0.05, 0) is 91.2 Å². The van der Waals surface area contributed by atoms with Gasteiger partial charge in [0.25, 0.3) is 0 Å². The second kappa shape index (κ2) is 14.5. The number of rotatable bonds is 8. The van der Waals surface area contributed by atoms with E-state index < -0.39 is 0 Å². The van der Waals surface area contributed by atoms with Crippen LogP contribution in [0.3, 0.4) is 0 Å². The highest BCUT2D eigenvalue weighted by atomic mass is 15.0. The predicted octanol–water partition coefficient (Wildman–Crippen LogP) is 14.8. The molecule has 1 unspecified atom stereocenters. The van der Waals surface area contributed by atoms with E-state index in [0.29, 0.717) is 0 Å². The van der Waals surface area contributed by atoms with Crippen LogP contribution in [0.2, 0.25) is 0 Å². The Balaban J connectivity index is 0.972. The van der Waals surface area contributed by atoms with Crippen LogP contribution >= 0.6 is 0 Å². The number of nitrogens with zero attached hydrogens (tertiary/aromatic N) is 1. The van der Waals surface area contributed by atoms with Gasteiger partial charge in [0.05, 0.1) is 11.0 Å². The fourth-order valence-electron chi connectivity index (χ4n) is 8.29. The zero-order valence-corrected chi connectivity index (χ0v) is 31.0. The number of benzene rings is 9. The van der Waals surface area contributed by atoms with Crippen LogP contribution in [0.4, 0.5) is 0 Å². The molecule has 1 aromatic heterocycles. The lowest BCUT2D eigenvalue weighted by atomic mass is 9.86. The zero-order valence-electron chi connectivity index (χ0n) is 31.0. The normalized spacial score (nSPS) is 12.1. The highest BCUT2D eigenvalue weighted by molar-refractivity contribution is 6.10. The highest BCUT2D eigenvalue weighted by Gasteiger charge is 2.16. The lowest BCUT2D eigenvalue weighted by Crippen LogP contribution is -1.99. The molecule has 9 aromatic carbocycles. The second-order valence-electron chi connectivity index (χ2n) is 14.5. The van der Waals surface area contributed by atoms with E-state index in [1.807, 2.05) is 0 Å². The molecule has 0 bridgehead atoms. The molecule has 0 saturated carbocycles. The van der Waals surface area contributed by atoms with Gasteiger partial charge in [-0.1, -0.05) is 200 Å². The van der Waals surface area contributed by atoms with Gasteiger partial charge in [0, 0.05) is 22.4 Å². The number of fused-ring (bicyclic) bond motifs is 4. The van der Waals surface area contributed by atoms with Gasteiger partial charge < -0.3 is 4.57 Å². The molecule has 1 nitrogen and oxygen atoms in total. The smallest absolute Gasteiger partial charge is 0.0541 e. The molecule has 0 fully saturated rings. The Labute approximate surface area is 328 Å². The summed E-state index contributed by atoms with van der Waals surface area (Å²) in [4.78, 5) is 0. The van der Waals surface area contributed by atoms with Crippen LogP contribution in [0.25, 0.3) is 77.7 Å². The minimum absolute atomic E-state index is 0.0971. The quantitative estimate of drug-likeness (QED) is 0.148. The highest BCUT2D eigenvalue weighted by Crippen LogP contribution is 2.37. The lowest BCUT2D eigenvalue weighted by molar-refractivity contribution is 1.05. The van der Waals surface area contributed by atoms with Crippen molar-refractivity contribution in [1.29, 1.82) is 0 Å². The van der Waals surface area contributed by atoms with Crippen LogP contribution in [-0.4, -0.2) is 4.57 Å². The molecule has 0 aliphatic rings. The lowest BCUT2D eigenvalue weighted by Gasteiger charge is -2.17. The maximum absolute atomic E-state index is 2.39. The molecule has 0 N–H and O–H groups in total. The molecule has 1 heterocycles. The van der Waals surface area contributed by atoms with Crippen LogP contribution in [0.5, 0.6) is 0 Å². The fraction of sp³-hybridized carbons (Fsp3) is 0.0182. The maximum atomic E-state index is 2.39. The summed E-state index contributed by atoms with van der Waals surface area (Å²) in [5, 5.41) is 5.06. The average molecular weight is 714 g/mol. The molecule has 56 heavy (non-hydrogen) atoms. The molecule has 0 spiro atoms. The third-order valence-electron chi connectivity index (χ3n) is 11.2. The van der Waals surface area contributed by atoms with Gasteiger partial charge >= 0.3 is 0 Å². The minimum Gasteiger partial charge on any atom is -0.309 e. The van der Waals surface area contributed by atoms with Crippen molar-refractivity contribution in [3.8, 4) is 39.1 Å². The van der Waals surface area contributed by atoms with E-state index in [2.05, 4.69) is 235 Å². The summed E-state index contributed by atoms with van der Waals surface area (Å²) in [5.74, 6) is 0.0971. The van der Waals surface area contributed by atoms with E-state index in [1.165, 1.54) is 82.6 Å². The van der Waals surface area contributed by atoms with Gasteiger partial charge in [0.2, 0.25) is 0 Å². The number of hydrogen-bond acceptors (Lipinski definition) is 0. The van der Waals surface area contributed by atoms with Crippen molar-refractivity contribution in [1.82, 2.24) is 4.57 Å². The molecule has 1 atom stereocenters. The summed E-state index contributed by atoms with van der Waals surface area (Å²) in [7, 11) is 0. The first kappa shape index (κ1) is 33.4. The van der Waals surface area contributed by atoms with Crippen LogP contribution in [0.15, 0.2) is 224 Å². The number of para-hydroxylation sites is 1. The Morgan fingerprint density at radius 1 is 0.357 bits per heavy atom. The number of allylic oxidation sites excluding steroid dienone is 1. The Kier molecular flexibility index (Phi) is 8.67. The first-order chi connectivity index (χ1) is 27.8. The van der Waals surface area contributed by atoms with Crippen molar-refractivity contribution in [3.05, 3.63) is 241 Å². The SMILES string of the molecule is C(=C\C(c1ccc(-c2ccccc2)cc1)c1cccc2ccccc12)/c1ccc(-c2ccc3c(c2)c2ccccc2n3-c2ccc(-c3ccccc3)cc2)cc1. The predicted molar refractivity (Wildman–Crippen MR) is 238 cm³/mol. The molecule has 0 aliphatic carbocycles. The van der Waals surface area contributed by atoms with Gasteiger partial charge in [-0.3, -0.25) is 0 Å². The third kappa shape index (κ3) is 6.30.